The maximum atomic E-state index is 12.6. The van der Waals surface area contributed by atoms with Gasteiger partial charge in [-0.05, 0) is 42.5 Å². The summed E-state index contributed by atoms with van der Waals surface area (Å²) < 4.78 is 29.5. The van der Waals surface area contributed by atoms with Crippen LogP contribution >= 0.6 is 11.6 Å². The molecule has 8 heteroatoms. The predicted molar refractivity (Wildman–Crippen MR) is 101 cm³/mol. The Balaban J connectivity index is 1.70. The average Bonchev–Trinajstić information content (AvgIpc) is 3.06. The minimum Gasteiger partial charge on any atom is -0.282 e. The van der Waals surface area contributed by atoms with Crippen molar-refractivity contribution in [2.45, 2.75) is 4.90 Å². The first kappa shape index (κ1) is 16.6. The van der Waals surface area contributed by atoms with Crippen LogP contribution in [-0.2, 0) is 10.0 Å². The zero-order chi connectivity index (χ0) is 18.1. The van der Waals surface area contributed by atoms with E-state index < -0.39 is 10.0 Å². The molecule has 2 aromatic heterocycles. The summed E-state index contributed by atoms with van der Waals surface area (Å²) in [5.74, 6) is 0.629. The number of nitrogens with one attached hydrogen (secondary N) is 1. The Morgan fingerprint density at radius 2 is 1.77 bits per heavy atom. The van der Waals surface area contributed by atoms with Gasteiger partial charge in [-0.15, -0.1) is 10.2 Å². The number of hydrogen-bond acceptors (Lipinski definition) is 4. The molecule has 0 unspecified atom stereocenters. The SMILES string of the molecule is O=S(=O)(Nc1cccc(-c2nnc3ccccn23)c1)c1cccc(Cl)c1. The summed E-state index contributed by atoms with van der Waals surface area (Å²) in [7, 11) is -3.74. The lowest BCUT2D eigenvalue weighted by atomic mass is 10.2. The van der Waals surface area contributed by atoms with Gasteiger partial charge in [0, 0.05) is 22.5 Å². The van der Waals surface area contributed by atoms with Crippen molar-refractivity contribution in [1.82, 2.24) is 14.6 Å². The van der Waals surface area contributed by atoms with Crippen molar-refractivity contribution in [3.63, 3.8) is 0 Å². The van der Waals surface area contributed by atoms with Gasteiger partial charge < -0.3 is 0 Å². The quantitative estimate of drug-likeness (QED) is 0.579. The second-order valence-corrected chi connectivity index (χ2v) is 7.71. The summed E-state index contributed by atoms with van der Waals surface area (Å²) >= 11 is 5.89. The molecule has 4 aromatic rings. The molecular weight excluding hydrogens is 372 g/mol. The molecule has 0 radical (unpaired) electrons. The Morgan fingerprint density at radius 3 is 2.62 bits per heavy atom. The second-order valence-electron chi connectivity index (χ2n) is 5.60. The molecular formula is C18H13ClN4O2S. The van der Waals surface area contributed by atoms with E-state index in [9.17, 15) is 8.42 Å². The Labute approximate surface area is 155 Å². The average molecular weight is 385 g/mol. The fourth-order valence-corrected chi connectivity index (χ4v) is 3.96. The fourth-order valence-electron chi connectivity index (χ4n) is 2.61. The zero-order valence-electron chi connectivity index (χ0n) is 13.4. The highest BCUT2D eigenvalue weighted by Crippen LogP contribution is 2.24. The van der Waals surface area contributed by atoms with Crippen LogP contribution in [0.25, 0.3) is 17.0 Å². The highest BCUT2D eigenvalue weighted by atomic mass is 35.5. The number of rotatable bonds is 4. The van der Waals surface area contributed by atoms with Crippen molar-refractivity contribution in [3.8, 4) is 11.4 Å². The van der Waals surface area contributed by atoms with Crippen LogP contribution in [0.2, 0.25) is 5.02 Å². The summed E-state index contributed by atoms with van der Waals surface area (Å²) in [6.07, 6.45) is 1.85. The molecule has 0 saturated heterocycles. The van der Waals surface area contributed by atoms with E-state index in [1.54, 1.807) is 30.3 Å². The van der Waals surface area contributed by atoms with Crippen LogP contribution in [0, 0.1) is 0 Å². The molecule has 0 saturated carbocycles. The second kappa shape index (κ2) is 6.44. The smallest absolute Gasteiger partial charge is 0.261 e. The number of halogens is 1. The standard InChI is InChI=1S/C18H13ClN4O2S/c19-14-6-4-8-16(12-14)26(24,25)22-15-7-3-5-13(11-15)18-21-20-17-9-1-2-10-23(17)18/h1-12,22H. The predicted octanol–water partition coefficient (Wildman–Crippen LogP) is 3.85. The van der Waals surface area contributed by atoms with Crippen LogP contribution in [0.5, 0.6) is 0 Å². The van der Waals surface area contributed by atoms with Gasteiger partial charge >= 0.3 is 0 Å². The van der Waals surface area contributed by atoms with Gasteiger partial charge in [0.15, 0.2) is 11.5 Å². The maximum absolute atomic E-state index is 12.6. The number of anilines is 1. The molecule has 2 aromatic carbocycles. The molecule has 0 amide bonds. The summed E-state index contributed by atoms with van der Waals surface area (Å²) in [5, 5.41) is 8.67. The Morgan fingerprint density at radius 1 is 0.923 bits per heavy atom. The number of fused-ring (bicyclic) bond motifs is 1. The summed E-state index contributed by atoms with van der Waals surface area (Å²) in [5.41, 5.74) is 1.89. The number of hydrogen-bond donors (Lipinski definition) is 1. The largest absolute Gasteiger partial charge is 0.282 e. The van der Waals surface area contributed by atoms with Crippen molar-refractivity contribution in [2.75, 3.05) is 4.72 Å². The third kappa shape index (κ3) is 3.14. The Bertz CT molecular complexity index is 1200. The van der Waals surface area contributed by atoms with Gasteiger partial charge in [-0.25, -0.2) is 8.42 Å². The topological polar surface area (TPSA) is 76.4 Å². The lowest BCUT2D eigenvalue weighted by Crippen LogP contribution is -2.12. The fraction of sp³-hybridized carbons (Fsp3) is 0. The third-order valence-corrected chi connectivity index (χ3v) is 5.41. The number of sulfonamides is 1. The van der Waals surface area contributed by atoms with E-state index in [0.717, 1.165) is 5.56 Å². The van der Waals surface area contributed by atoms with Gasteiger partial charge in [0.2, 0.25) is 0 Å². The summed E-state index contributed by atoms with van der Waals surface area (Å²) in [6.45, 7) is 0. The maximum Gasteiger partial charge on any atom is 0.261 e. The number of aromatic nitrogens is 3. The molecule has 0 aliphatic rings. The first-order chi connectivity index (χ1) is 12.5. The van der Waals surface area contributed by atoms with Crippen LogP contribution in [-0.4, -0.2) is 23.0 Å². The summed E-state index contributed by atoms with van der Waals surface area (Å²) in [6, 6.07) is 18.7. The summed E-state index contributed by atoms with van der Waals surface area (Å²) in [4.78, 5) is 0.100. The lowest BCUT2D eigenvalue weighted by Gasteiger charge is -2.09. The van der Waals surface area contributed by atoms with E-state index in [1.807, 2.05) is 34.9 Å². The molecule has 0 aliphatic carbocycles. The first-order valence-corrected chi connectivity index (χ1v) is 9.58. The van der Waals surface area contributed by atoms with Crippen molar-refractivity contribution >= 4 is 33.0 Å². The molecule has 26 heavy (non-hydrogen) atoms. The molecule has 0 bridgehead atoms. The molecule has 4 rings (SSSR count). The monoisotopic (exact) mass is 384 g/mol. The van der Waals surface area contributed by atoms with E-state index in [4.69, 9.17) is 11.6 Å². The van der Waals surface area contributed by atoms with Gasteiger partial charge in [0.25, 0.3) is 10.0 Å². The number of nitrogens with zero attached hydrogens (tertiary/aromatic N) is 3. The van der Waals surface area contributed by atoms with E-state index in [2.05, 4.69) is 14.9 Å². The molecule has 0 spiro atoms. The number of benzene rings is 2. The lowest BCUT2D eigenvalue weighted by molar-refractivity contribution is 0.601. The van der Waals surface area contributed by atoms with Crippen molar-refractivity contribution in [3.05, 3.63) is 77.9 Å². The molecule has 6 nitrogen and oxygen atoms in total. The number of pyridine rings is 1. The van der Waals surface area contributed by atoms with Crippen LogP contribution < -0.4 is 4.72 Å². The van der Waals surface area contributed by atoms with E-state index in [1.165, 1.54) is 12.1 Å². The van der Waals surface area contributed by atoms with Crippen molar-refractivity contribution < 1.29 is 8.42 Å². The Hall–Kier alpha value is -2.90. The highest BCUT2D eigenvalue weighted by molar-refractivity contribution is 7.92. The van der Waals surface area contributed by atoms with Crippen LogP contribution in [0.3, 0.4) is 0 Å². The van der Waals surface area contributed by atoms with Gasteiger partial charge in [0.05, 0.1) is 4.90 Å². The van der Waals surface area contributed by atoms with E-state index >= 15 is 0 Å². The van der Waals surface area contributed by atoms with Crippen LogP contribution in [0.4, 0.5) is 5.69 Å². The van der Waals surface area contributed by atoms with E-state index in [-0.39, 0.29) is 4.90 Å². The zero-order valence-corrected chi connectivity index (χ0v) is 14.9. The molecule has 0 fully saturated rings. The van der Waals surface area contributed by atoms with Gasteiger partial charge in [-0.1, -0.05) is 35.9 Å². The molecule has 1 N–H and O–H groups in total. The van der Waals surface area contributed by atoms with Crippen LogP contribution in [0.1, 0.15) is 0 Å². The minimum atomic E-state index is -3.74. The Kier molecular flexibility index (Phi) is 4.10. The van der Waals surface area contributed by atoms with Crippen molar-refractivity contribution in [1.29, 1.82) is 0 Å². The molecule has 0 aliphatic heterocycles. The van der Waals surface area contributed by atoms with E-state index in [0.29, 0.717) is 22.2 Å². The van der Waals surface area contributed by atoms with Gasteiger partial charge in [-0.2, -0.15) is 0 Å². The minimum absolute atomic E-state index is 0.100. The molecule has 2 heterocycles. The highest BCUT2D eigenvalue weighted by Gasteiger charge is 2.15. The molecule has 130 valence electrons. The molecule has 0 atom stereocenters. The third-order valence-electron chi connectivity index (χ3n) is 3.79. The van der Waals surface area contributed by atoms with Crippen LogP contribution in [0.15, 0.2) is 77.8 Å². The van der Waals surface area contributed by atoms with Gasteiger partial charge in [0.1, 0.15) is 0 Å². The van der Waals surface area contributed by atoms with Crippen molar-refractivity contribution in [2.24, 2.45) is 0 Å². The normalized spacial score (nSPS) is 11.6. The first-order valence-electron chi connectivity index (χ1n) is 7.71. The van der Waals surface area contributed by atoms with Gasteiger partial charge in [-0.3, -0.25) is 9.12 Å².